The highest BCUT2D eigenvalue weighted by molar-refractivity contribution is 8.26. The van der Waals surface area contributed by atoms with Gasteiger partial charge in [0.05, 0.1) is 15.6 Å². The Hall–Kier alpha value is -2.02. The number of carbonyl (C=O) groups excluding carboxylic acids is 1. The van der Waals surface area contributed by atoms with Crippen LogP contribution in [0.15, 0.2) is 81.6 Å². The number of carbonyl (C=O) groups is 1. The normalized spacial score (nSPS) is 19.2. The van der Waals surface area contributed by atoms with E-state index in [-0.39, 0.29) is 5.91 Å². The van der Waals surface area contributed by atoms with E-state index in [1.165, 1.54) is 16.7 Å². The zero-order valence-electron chi connectivity index (χ0n) is 15.5. The zero-order chi connectivity index (χ0) is 19.5. The van der Waals surface area contributed by atoms with Gasteiger partial charge >= 0.3 is 0 Å². The Balaban J connectivity index is 1.65. The summed E-state index contributed by atoms with van der Waals surface area (Å²) >= 11 is 8.51. The Bertz CT molecular complexity index is 969. The van der Waals surface area contributed by atoms with Crippen LogP contribution in [0.25, 0.3) is 0 Å². The number of nitrogens with zero attached hydrogens (tertiary/aromatic N) is 2. The number of unbranched alkanes of at least 4 members (excludes halogenated alkanes) is 1. The van der Waals surface area contributed by atoms with E-state index in [9.17, 15) is 4.79 Å². The second-order valence-electron chi connectivity index (χ2n) is 6.45. The number of amides is 1. The lowest BCUT2D eigenvalue weighted by atomic mass is 10.2. The quantitative estimate of drug-likeness (QED) is 0.413. The molecule has 6 heteroatoms. The summed E-state index contributed by atoms with van der Waals surface area (Å²) in [4.78, 5) is 18.6. The molecule has 0 saturated carbocycles. The molecular weight excluding hydrogens is 404 g/mol. The van der Waals surface area contributed by atoms with Gasteiger partial charge in [0.25, 0.3) is 5.91 Å². The summed E-state index contributed by atoms with van der Waals surface area (Å²) in [6, 6.07) is 18.6. The molecule has 0 aliphatic carbocycles. The van der Waals surface area contributed by atoms with Crippen molar-refractivity contribution in [1.82, 2.24) is 4.90 Å². The van der Waals surface area contributed by atoms with Crippen LogP contribution in [0.3, 0.4) is 0 Å². The van der Waals surface area contributed by atoms with Crippen LogP contribution in [0.1, 0.15) is 19.8 Å². The molecule has 0 atom stereocenters. The third-order valence-electron chi connectivity index (χ3n) is 4.54. The average Bonchev–Trinajstić information content (AvgIpc) is 3.22. The maximum atomic E-state index is 12.7. The monoisotopic (exact) mass is 424 g/mol. The first-order valence-electron chi connectivity index (χ1n) is 9.26. The molecular formula is C22H20N2OS3. The number of allylic oxidation sites excluding steroid dienone is 2. The van der Waals surface area contributed by atoms with E-state index < -0.39 is 0 Å². The zero-order valence-corrected chi connectivity index (χ0v) is 17.9. The van der Waals surface area contributed by atoms with Crippen molar-refractivity contribution in [1.29, 1.82) is 0 Å². The molecule has 28 heavy (non-hydrogen) atoms. The van der Waals surface area contributed by atoms with Gasteiger partial charge in [-0.1, -0.05) is 79.4 Å². The van der Waals surface area contributed by atoms with Gasteiger partial charge in [0.1, 0.15) is 4.32 Å². The molecule has 3 nitrogen and oxygen atoms in total. The molecule has 0 aromatic heterocycles. The number of para-hydroxylation sites is 2. The first-order valence-corrected chi connectivity index (χ1v) is 11.3. The Kier molecular flexibility index (Phi) is 5.90. The maximum Gasteiger partial charge on any atom is 0.266 e. The molecule has 1 fully saturated rings. The van der Waals surface area contributed by atoms with E-state index in [0.29, 0.717) is 15.8 Å². The van der Waals surface area contributed by atoms with Gasteiger partial charge in [-0.15, -0.1) is 0 Å². The fourth-order valence-corrected chi connectivity index (χ4v) is 5.44. The van der Waals surface area contributed by atoms with Crippen LogP contribution in [0.4, 0.5) is 11.4 Å². The Morgan fingerprint density at radius 3 is 2.54 bits per heavy atom. The summed E-state index contributed by atoms with van der Waals surface area (Å²) in [5.74, 6) is 0.0204. The van der Waals surface area contributed by atoms with Crippen LogP contribution < -0.4 is 4.90 Å². The van der Waals surface area contributed by atoms with Gasteiger partial charge in [-0.2, -0.15) is 0 Å². The molecule has 0 radical (unpaired) electrons. The average molecular weight is 425 g/mol. The highest BCUT2D eigenvalue weighted by atomic mass is 32.2. The van der Waals surface area contributed by atoms with E-state index >= 15 is 0 Å². The standard InChI is InChI=1S/C22H20N2OS3/c1-2-3-15-23-21(25)19(28-22(23)26)13-14-20-24(16-9-5-4-6-10-16)17-11-7-8-12-18(17)27-20/h4-14H,2-3,15H2,1H3/b19-13-,20-14-. The molecule has 2 heterocycles. The number of thioether (sulfide) groups is 2. The molecule has 1 saturated heterocycles. The number of rotatable bonds is 5. The first-order chi connectivity index (χ1) is 13.7. The number of anilines is 2. The molecule has 2 aliphatic heterocycles. The van der Waals surface area contributed by atoms with Crippen molar-refractivity contribution in [3.8, 4) is 0 Å². The van der Waals surface area contributed by atoms with Crippen molar-refractivity contribution in [2.24, 2.45) is 0 Å². The highest BCUT2D eigenvalue weighted by Gasteiger charge is 2.31. The van der Waals surface area contributed by atoms with E-state index in [0.717, 1.165) is 29.2 Å². The van der Waals surface area contributed by atoms with Crippen LogP contribution >= 0.6 is 35.7 Å². The Morgan fingerprint density at radius 2 is 1.75 bits per heavy atom. The topological polar surface area (TPSA) is 23.6 Å². The smallest absolute Gasteiger partial charge is 0.266 e. The first kappa shape index (κ1) is 19.3. The third kappa shape index (κ3) is 3.77. The maximum absolute atomic E-state index is 12.7. The fourth-order valence-electron chi connectivity index (χ4n) is 3.13. The number of hydrogen-bond donors (Lipinski definition) is 0. The lowest BCUT2D eigenvalue weighted by Crippen LogP contribution is -2.28. The summed E-state index contributed by atoms with van der Waals surface area (Å²) in [5, 5.41) is 1.08. The van der Waals surface area contributed by atoms with Crippen molar-refractivity contribution < 1.29 is 4.79 Å². The second kappa shape index (κ2) is 8.55. The number of benzene rings is 2. The van der Waals surface area contributed by atoms with Crippen molar-refractivity contribution in [3.05, 3.63) is 76.7 Å². The molecule has 4 rings (SSSR count). The molecule has 1 amide bonds. The van der Waals surface area contributed by atoms with Crippen LogP contribution in [0.2, 0.25) is 0 Å². The lowest BCUT2D eigenvalue weighted by Gasteiger charge is -2.20. The number of thiocarbonyl (C=S) groups is 1. The largest absolute Gasteiger partial charge is 0.303 e. The van der Waals surface area contributed by atoms with Gasteiger partial charge in [-0.3, -0.25) is 9.69 Å². The summed E-state index contributed by atoms with van der Waals surface area (Å²) < 4.78 is 0.658. The predicted molar refractivity (Wildman–Crippen MR) is 124 cm³/mol. The molecule has 2 aromatic carbocycles. The summed E-state index contributed by atoms with van der Waals surface area (Å²) in [6.07, 6.45) is 5.95. The van der Waals surface area contributed by atoms with Crippen molar-refractivity contribution >= 4 is 57.3 Å². The van der Waals surface area contributed by atoms with Crippen molar-refractivity contribution in [3.63, 3.8) is 0 Å². The van der Waals surface area contributed by atoms with Crippen LogP contribution in [-0.2, 0) is 4.79 Å². The third-order valence-corrected chi connectivity index (χ3v) is 7.03. The van der Waals surface area contributed by atoms with Crippen molar-refractivity contribution in [2.75, 3.05) is 11.4 Å². The minimum absolute atomic E-state index is 0.0204. The molecule has 2 aliphatic rings. The molecule has 0 bridgehead atoms. The van der Waals surface area contributed by atoms with E-state index in [1.807, 2.05) is 30.4 Å². The SMILES string of the molecule is CCCCN1C(=O)/C(=C/C=C2\Sc3ccccc3N2c2ccccc2)SC1=S. The highest BCUT2D eigenvalue weighted by Crippen LogP contribution is 2.49. The molecule has 142 valence electrons. The second-order valence-corrected chi connectivity index (χ2v) is 9.19. The molecule has 0 spiro atoms. The van der Waals surface area contributed by atoms with Crippen LogP contribution in [0.5, 0.6) is 0 Å². The summed E-state index contributed by atoms with van der Waals surface area (Å²) in [7, 11) is 0. The lowest BCUT2D eigenvalue weighted by molar-refractivity contribution is -0.122. The van der Waals surface area contributed by atoms with Gasteiger partial charge in [0.2, 0.25) is 0 Å². The number of fused-ring (bicyclic) bond motifs is 1. The number of hydrogen-bond acceptors (Lipinski definition) is 5. The molecule has 0 N–H and O–H groups in total. The van der Waals surface area contributed by atoms with Gasteiger partial charge < -0.3 is 4.90 Å². The van der Waals surface area contributed by atoms with Gasteiger partial charge in [-0.05, 0) is 42.8 Å². The minimum Gasteiger partial charge on any atom is -0.303 e. The van der Waals surface area contributed by atoms with Gasteiger partial charge in [-0.25, -0.2) is 0 Å². The molecule has 2 aromatic rings. The molecule has 0 unspecified atom stereocenters. The van der Waals surface area contributed by atoms with Gasteiger partial charge in [0, 0.05) is 17.1 Å². The van der Waals surface area contributed by atoms with Crippen molar-refractivity contribution in [2.45, 2.75) is 24.7 Å². The Labute approximate surface area is 179 Å². The van der Waals surface area contributed by atoms with Gasteiger partial charge in [0.15, 0.2) is 0 Å². The summed E-state index contributed by atoms with van der Waals surface area (Å²) in [5.41, 5.74) is 2.27. The van der Waals surface area contributed by atoms with E-state index in [1.54, 1.807) is 16.7 Å². The summed E-state index contributed by atoms with van der Waals surface area (Å²) in [6.45, 7) is 2.82. The Morgan fingerprint density at radius 1 is 1.00 bits per heavy atom. The van der Waals surface area contributed by atoms with E-state index in [4.69, 9.17) is 12.2 Å². The predicted octanol–water partition coefficient (Wildman–Crippen LogP) is 6.32. The minimum atomic E-state index is 0.0204. The van der Waals surface area contributed by atoms with E-state index in [2.05, 4.69) is 48.2 Å². The van der Waals surface area contributed by atoms with Crippen LogP contribution in [0, 0.1) is 0 Å². The van der Waals surface area contributed by atoms with Crippen LogP contribution in [-0.4, -0.2) is 21.7 Å². The fraction of sp³-hybridized carbons (Fsp3) is 0.182.